The lowest BCUT2D eigenvalue weighted by molar-refractivity contribution is 0.0691. The zero-order valence-corrected chi connectivity index (χ0v) is 10.5. The largest absolute Gasteiger partial charge is 0.478 e. The van der Waals surface area contributed by atoms with Gasteiger partial charge in [-0.1, -0.05) is 0 Å². The number of aromatic carboxylic acids is 1. The maximum absolute atomic E-state index is 13.2. The van der Waals surface area contributed by atoms with Crippen LogP contribution in [0.5, 0.6) is 0 Å². The van der Waals surface area contributed by atoms with Crippen molar-refractivity contribution in [3.63, 3.8) is 0 Å². The predicted molar refractivity (Wildman–Crippen MR) is 64.0 cm³/mol. The summed E-state index contributed by atoms with van der Waals surface area (Å²) >= 11 is 0. The van der Waals surface area contributed by atoms with Crippen molar-refractivity contribution in [3.8, 4) is 0 Å². The lowest BCUT2D eigenvalue weighted by Gasteiger charge is -2.06. The molecule has 1 aromatic carbocycles. The molecule has 2 rings (SSSR count). The van der Waals surface area contributed by atoms with Gasteiger partial charge in [-0.2, -0.15) is 5.10 Å². The Balaban J connectivity index is 2.40. The van der Waals surface area contributed by atoms with Gasteiger partial charge in [-0.05, 0) is 18.2 Å². The molecule has 0 aliphatic rings. The molecule has 2 aromatic rings. The van der Waals surface area contributed by atoms with E-state index >= 15 is 0 Å². The summed E-state index contributed by atoms with van der Waals surface area (Å²) in [6, 6.07) is 2.39. The maximum Gasteiger partial charge on any atom is 0.338 e. The molecule has 0 spiro atoms. The molecule has 1 aromatic heterocycles. The zero-order valence-electron chi connectivity index (χ0n) is 9.69. The standard InChI is InChI=1S/C10H7FN4O4S/c11-8-2-1-6(5-7(8)9(16)17)20(18,19)15-10-12-3-4-13-14-10/h1-5H,(H,16,17)(H,12,14,15). The van der Waals surface area contributed by atoms with Crippen molar-refractivity contribution in [2.45, 2.75) is 4.90 Å². The highest BCUT2D eigenvalue weighted by molar-refractivity contribution is 7.92. The van der Waals surface area contributed by atoms with Crippen LogP contribution in [0, 0.1) is 5.82 Å². The van der Waals surface area contributed by atoms with E-state index in [4.69, 9.17) is 5.11 Å². The van der Waals surface area contributed by atoms with Gasteiger partial charge < -0.3 is 5.11 Å². The van der Waals surface area contributed by atoms with E-state index < -0.39 is 32.3 Å². The van der Waals surface area contributed by atoms with Gasteiger partial charge in [-0.25, -0.2) is 27.3 Å². The van der Waals surface area contributed by atoms with Crippen molar-refractivity contribution < 1.29 is 22.7 Å². The molecule has 0 radical (unpaired) electrons. The van der Waals surface area contributed by atoms with Crippen LogP contribution in [0.1, 0.15) is 10.4 Å². The number of carboxylic acid groups (broad SMARTS) is 1. The van der Waals surface area contributed by atoms with Crippen LogP contribution >= 0.6 is 0 Å². The number of nitrogens with one attached hydrogen (secondary N) is 1. The van der Waals surface area contributed by atoms with Crippen LogP contribution in [0.15, 0.2) is 35.5 Å². The third-order valence-electron chi connectivity index (χ3n) is 2.19. The highest BCUT2D eigenvalue weighted by Crippen LogP contribution is 2.17. The molecule has 0 unspecified atom stereocenters. The Kier molecular flexibility index (Phi) is 3.57. The molecule has 0 saturated carbocycles. The highest BCUT2D eigenvalue weighted by Gasteiger charge is 2.20. The Bertz CT molecular complexity index is 751. The molecule has 0 aliphatic heterocycles. The van der Waals surface area contributed by atoms with Gasteiger partial charge in [-0.15, -0.1) is 5.10 Å². The molecule has 2 N–H and O–H groups in total. The van der Waals surface area contributed by atoms with E-state index in [1.54, 1.807) is 0 Å². The molecule has 0 amide bonds. The summed E-state index contributed by atoms with van der Waals surface area (Å²) in [7, 11) is -4.13. The van der Waals surface area contributed by atoms with Crippen LogP contribution in [-0.2, 0) is 10.0 Å². The number of carbonyl (C=O) groups is 1. The van der Waals surface area contributed by atoms with Gasteiger partial charge in [0, 0.05) is 0 Å². The second kappa shape index (κ2) is 5.17. The number of aromatic nitrogens is 3. The third kappa shape index (κ3) is 2.85. The van der Waals surface area contributed by atoms with Crippen LogP contribution in [0.25, 0.3) is 0 Å². The SMILES string of the molecule is O=C(O)c1cc(S(=O)(=O)Nc2nccnn2)ccc1F. The van der Waals surface area contributed by atoms with E-state index in [0.717, 1.165) is 12.1 Å². The van der Waals surface area contributed by atoms with Gasteiger partial charge in [0.2, 0.25) is 0 Å². The summed E-state index contributed by atoms with van der Waals surface area (Å²) < 4.78 is 39.1. The van der Waals surface area contributed by atoms with Crippen LogP contribution < -0.4 is 4.72 Å². The lowest BCUT2D eigenvalue weighted by atomic mass is 10.2. The summed E-state index contributed by atoms with van der Waals surface area (Å²) in [6.45, 7) is 0. The fourth-order valence-electron chi connectivity index (χ4n) is 1.31. The Hall–Kier alpha value is -2.62. The average molecular weight is 298 g/mol. The molecular weight excluding hydrogens is 291 g/mol. The van der Waals surface area contributed by atoms with Crippen LogP contribution in [-0.4, -0.2) is 34.7 Å². The van der Waals surface area contributed by atoms with E-state index in [1.807, 2.05) is 4.72 Å². The molecule has 0 fully saturated rings. The van der Waals surface area contributed by atoms with Gasteiger partial charge in [0.1, 0.15) is 5.82 Å². The molecule has 0 saturated heterocycles. The summed E-state index contributed by atoms with van der Waals surface area (Å²) in [5.41, 5.74) is -0.750. The number of anilines is 1. The topological polar surface area (TPSA) is 122 Å². The molecular formula is C10H7FN4O4S. The van der Waals surface area contributed by atoms with Crippen LogP contribution in [0.4, 0.5) is 10.3 Å². The monoisotopic (exact) mass is 298 g/mol. The Morgan fingerprint density at radius 1 is 1.30 bits per heavy atom. The number of rotatable bonds is 4. The number of sulfonamides is 1. The Morgan fingerprint density at radius 2 is 2.05 bits per heavy atom. The van der Waals surface area contributed by atoms with Gasteiger partial charge in [0.05, 0.1) is 22.9 Å². The molecule has 20 heavy (non-hydrogen) atoms. The number of benzene rings is 1. The number of carboxylic acids is 1. The molecule has 10 heteroatoms. The van der Waals surface area contributed by atoms with Crippen LogP contribution in [0.3, 0.4) is 0 Å². The second-order valence-corrected chi connectivity index (χ2v) is 5.20. The number of hydrogen-bond donors (Lipinski definition) is 2. The summed E-state index contributed by atoms with van der Waals surface area (Å²) in [6.07, 6.45) is 2.47. The summed E-state index contributed by atoms with van der Waals surface area (Å²) in [5.74, 6) is -2.89. The minimum atomic E-state index is -4.13. The summed E-state index contributed by atoms with van der Waals surface area (Å²) in [4.78, 5) is 14.0. The van der Waals surface area contributed by atoms with Gasteiger partial charge >= 0.3 is 5.97 Å². The molecule has 0 atom stereocenters. The van der Waals surface area contributed by atoms with E-state index in [2.05, 4.69) is 15.2 Å². The van der Waals surface area contributed by atoms with Gasteiger partial charge in [0.15, 0.2) is 0 Å². The van der Waals surface area contributed by atoms with Crippen LogP contribution in [0.2, 0.25) is 0 Å². The average Bonchev–Trinajstić information content (AvgIpc) is 2.39. The van der Waals surface area contributed by atoms with E-state index in [1.165, 1.54) is 12.4 Å². The maximum atomic E-state index is 13.2. The number of hydrogen-bond acceptors (Lipinski definition) is 6. The first-order valence-electron chi connectivity index (χ1n) is 5.09. The third-order valence-corrected chi connectivity index (χ3v) is 3.51. The minimum Gasteiger partial charge on any atom is -0.478 e. The van der Waals surface area contributed by atoms with Crippen molar-refractivity contribution in [1.29, 1.82) is 0 Å². The van der Waals surface area contributed by atoms with E-state index in [0.29, 0.717) is 6.07 Å². The van der Waals surface area contributed by atoms with Crippen molar-refractivity contribution in [3.05, 3.63) is 42.0 Å². The first-order valence-corrected chi connectivity index (χ1v) is 6.58. The van der Waals surface area contributed by atoms with Gasteiger partial charge in [0.25, 0.3) is 16.0 Å². The Morgan fingerprint density at radius 3 is 2.65 bits per heavy atom. The fourth-order valence-corrected chi connectivity index (χ4v) is 2.28. The normalized spacial score (nSPS) is 11.1. The molecule has 0 aliphatic carbocycles. The molecule has 0 bridgehead atoms. The minimum absolute atomic E-state index is 0.284. The quantitative estimate of drug-likeness (QED) is 0.843. The molecule has 104 valence electrons. The van der Waals surface area contributed by atoms with Crippen molar-refractivity contribution >= 4 is 21.9 Å². The summed E-state index contributed by atoms with van der Waals surface area (Å²) in [5, 5.41) is 15.6. The molecule has 1 heterocycles. The van der Waals surface area contributed by atoms with E-state index in [-0.39, 0.29) is 5.95 Å². The number of halogens is 1. The predicted octanol–water partition coefficient (Wildman–Crippen LogP) is 0.510. The first kappa shape index (κ1) is 13.8. The van der Waals surface area contributed by atoms with E-state index in [9.17, 15) is 17.6 Å². The van der Waals surface area contributed by atoms with Crippen molar-refractivity contribution in [2.24, 2.45) is 0 Å². The number of nitrogens with zero attached hydrogens (tertiary/aromatic N) is 3. The molecule has 8 nitrogen and oxygen atoms in total. The van der Waals surface area contributed by atoms with Gasteiger partial charge in [-0.3, -0.25) is 0 Å². The lowest BCUT2D eigenvalue weighted by Crippen LogP contribution is -2.16. The Labute approximate surface area is 112 Å². The zero-order chi connectivity index (χ0) is 14.8. The smallest absolute Gasteiger partial charge is 0.338 e. The van der Waals surface area contributed by atoms with Crippen molar-refractivity contribution in [2.75, 3.05) is 4.72 Å². The van der Waals surface area contributed by atoms with Crippen molar-refractivity contribution in [1.82, 2.24) is 15.2 Å². The highest BCUT2D eigenvalue weighted by atomic mass is 32.2. The first-order chi connectivity index (χ1) is 9.40. The fraction of sp³-hybridized carbons (Fsp3) is 0. The second-order valence-electron chi connectivity index (χ2n) is 3.52.